The van der Waals surface area contributed by atoms with Crippen LogP contribution in [0.25, 0.3) is 11.0 Å². The van der Waals surface area contributed by atoms with Crippen molar-refractivity contribution in [1.29, 1.82) is 0 Å². The Hall–Kier alpha value is -3.68. The molecule has 0 atom stereocenters. The third-order valence-electron chi connectivity index (χ3n) is 5.19. The van der Waals surface area contributed by atoms with Crippen molar-refractivity contribution in [3.63, 3.8) is 0 Å². The van der Waals surface area contributed by atoms with Gasteiger partial charge in [-0.05, 0) is 17.7 Å². The van der Waals surface area contributed by atoms with Gasteiger partial charge in [-0.3, -0.25) is 4.79 Å². The highest BCUT2D eigenvalue weighted by atomic mass is 16.3. The normalized spacial score (nSPS) is 14.5. The van der Waals surface area contributed by atoms with E-state index in [0.717, 1.165) is 16.9 Å². The molecule has 0 saturated carbocycles. The van der Waals surface area contributed by atoms with Crippen LogP contribution >= 0.6 is 0 Å². The number of aromatic nitrogens is 4. The van der Waals surface area contributed by atoms with Crippen molar-refractivity contribution in [3.8, 4) is 0 Å². The van der Waals surface area contributed by atoms with E-state index in [1.54, 1.807) is 18.5 Å². The summed E-state index contributed by atoms with van der Waals surface area (Å²) in [4.78, 5) is 25.4. The van der Waals surface area contributed by atoms with Gasteiger partial charge in [-0.2, -0.15) is 5.10 Å². The van der Waals surface area contributed by atoms with Gasteiger partial charge in [0.25, 0.3) is 5.91 Å². The van der Waals surface area contributed by atoms with Crippen molar-refractivity contribution in [2.24, 2.45) is 0 Å². The Morgan fingerprint density at radius 3 is 2.59 bits per heavy atom. The van der Waals surface area contributed by atoms with Crippen LogP contribution in [0.15, 0.2) is 65.7 Å². The summed E-state index contributed by atoms with van der Waals surface area (Å²) >= 11 is 0. The average Bonchev–Trinajstić information content (AvgIpc) is 3.45. The lowest BCUT2D eigenvalue weighted by Gasteiger charge is -2.35. The minimum atomic E-state index is -0.0711. The molecule has 8 nitrogen and oxygen atoms in total. The lowest BCUT2D eigenvalue weighted by atomic mass is 10.2. The summed E-state index contributed by atoms with van der Waals surface area (Å²) in [6, 6.07) is 13.6. The summed E-state index contributed by atoms with van der Waals surface area (Å²) in [5, 5.41) is 5.46. The fourth-order valence-corrected chi connectivity index (χ4v) is 3.68. The highest BCUT2D eigenvalue weighted by Crippen LogP contribution is 2.24. The van der Waals surface area contributed by atoms with E-state index in [-0.39, 0.29) is 5.91 Å². The zero-order valence-corrected chi connectivity index (χ0v) is 15.8. The van der Waals surface area contributed by atoms with Gasteiger partial charge < -0.3 is 14.2 Å². The first-order valence-corrected chi connectivity index (χ1v) is 9.58. The van der Waals surface area contributed by atoms with Crippen LogP contribution in [0.3, 0.4) is 0 Å². The zero-order chi connectivity index (χ0) is 19.6. The molecule has 1 aromatic carbocycles. The molecule has 0 spiro atoms. The summed E-state index contributed by atoms with van der Waals surface area (Å²) in [6.45, 7) is 3.28. The predicted octanol–water partition coefficient (Wildman–Crippen LogP) is 2.43. The molecular formula is C21H20N6O2. The summed E-state index contributed by atoms with van der Waals surface area (Å²) < 4.78 is 7.13. The average molecular weight is 388 g/mol. The summed E-state index contributed by atoms with van der Waals surface area (Å²) in [6.07, 6.45) is 4.93. The quantitative estimate of drug-likeness (QED) is 0.534. The number of anilines is 1. The molecule has 1 saturated heterocycles. The number of nitrogens with zero attached hydrogens (tertiary/aromatic N) is 6. The standard InChI is InChI=1S/C21H20N6O2/c28-21(18-7-4-12-29-18)26-10-8-25(9-11-26)19-17-13-24-27(20(17)23-15-22-19)14-16-5-2-1-3-6-16/h1-7,12-13,15H,8-11,14H2. The summed E-state index contributed by atoms with van der Waals surface area (Å²) in [7, 11) is 0. The van der Waals surface area contributed by atoms with Crippen molar-refractivity contribution in [3.05, 3.63) is 72.6 Å². The van der Waals surface area contributed by atoms with Crippen LogP contribution < -0.4 is 4.90 Å². The van der Waals surface area contributed by atoms with Crippen LogP contribution in [0.1, 0.15) is 16.1 Å². The molecule has 0 bridgehead atoms. The minimum absolute atomic E-state index is 0.0711. The molecular weight excluding hydrogens is 368 g/mol. The van der Waals surface area contributed by atoms with Crippen LogP contribution in [0.4, 0.5) is 5.82 Å². The van der Waals surface area contributed by atoms with Gasteiger partial charge in [0.05, 0.1) is 24.4 Å². The Bertz CT molecular complexity index is 1110. The molecule has 29 heavy (non-hydrogen) atoms. The van der Waals surface area contributed by atoms with Crippen molar-refractivity contribution in [1.82, 2.24) is 24.6 Å². The first-order valence-electron chi connectivity index (χ1n) is 9.58. The van der Waals surface area contributed by atoms with Crippen molar-refractivity contribution < 1.29 is 9.21 Å². The molecule has 1 amide bonds. The minimum Gasteiger partial charge on any atom is -0.459 e. The van der Waals surface area contributed by atoms with Gasteiger partial charge in [-0.15, -0.1) is 0 Å². The molecule has 5 rings (SSSR count). The largest absolute Gasteiger partial charge is 0.459 e. The van der Waals surface area contributed by atoms with Gasteiger partial charge in [0.1, 0.15) is 12.1 Å². The fourth-order valence-electron chi connectivity index (χ4n) is 3.68. The molecule has 1 fully saturated rings. The Balaban J connectivity index is 1.34. The third kappa shape index (κ3) is 3.33. The molecule has 0 unspecified atom stereocenters. The SMILES string of the molecule is O=C(c1ccco1)N1CCN(c2ncnc3c2cnn3Cc2ccccc2)CC1. The molecule has 0 radical (unpaired) electrons. The maximum atomic E-state index is 12.5. The predicted molar refractivity (Wildman–Crippen MR) is 108 cm³/mol. The number of furan rings is 1. The first kappa shape index (κ1) is 17.4. The maximum absolute atomic E-state index is 12.5. The second-order valence-corrected chi connectivity index (χ2v) is 6.98. The number of amides is 1. The monoisotopic (exact) mass is 388 g/mol. The fraction of sp³-hybridized carbons (Fsp3) is 0.238. The van der Waals surface area contributed by atoms with E-state index in [9.17, 15) is 4.79 Å². The number of benzene rings is 1. The molecule has 3 aromatic heterocycles. The molecule has 146 valence electrons. The first-order chi connectivity index (χ1) is 14.3. The van der Waals surface area contributed by atoms with E-state index >= 15 is 0 Å². The van der Waals surface area contributed by atoms with E-state index in [4.69, 9.17) is 4.42 Å². The van der Waals surface area contributed by atoms with Gasteiger partial charge in [-0.25, -0.2) is 14.6 Å². The molecule has 0 N–H and O–H groups in total. The lowest BCUT2D eigenvalue weighted by molar-refractivity contribution is 0.0714. The number of hydrogen-bond donors (Lipinski definition) is 0. The lowest BCUT2D eigenvalue weighted by Crippen LogP contribution is -2.49. The molecule has 4 heterocycles. The highest BCUT2D eigenvalue weighted by Gasteiger charge is 2.25. The van der Waals surface area contributed by atoms with Crippen LogP contribution in [-0.4, -0.2) is 56.7 Å². The molecule has 4 aromatic rings. The number of carbonyl (C=O) groups is 1. The molecule has 8 heteroatoms. The highest BCUT2D eigenvalue weighted by molar-refractivity contribution is 5.92. The van der Waals surface area contributed by atoms with E-state index in [0.29, 0.717) is 38.5 Å². The molecule has 1 aliphatic heterocycles. The smallest absolute Gasteiger partial charge is 0.289 e. The number of rotatable bonds is 4. The maximum Gasteiger partial charge on any atom is 0.289 e. The van der Waals surface area contributed by atoms with Crippen LogP contribution in [0, 0.1) is 0 Å². The van der Waals surface area contributed by atoms with Crippen LogP contribution in [0.5, 0.6) is 0 Å². The van der Waals surface area contributed by atoms with Crippen LogP contribution in [0.2, 0.25) is 0 Å². The van der Waals surface area contributed by atoms with Gasteiger partial charge in [0.2, 0.25) is 0 Å². The van der Waals surface area contributed by atoms with E-state index in [2.05, 4.69) is 32.1 Å². The summed E-state index contributed by atoms with van der Waals surface area (Å²) in [5.74, 6) is 1.17. The summed E-state index contributed by atoms with van der Waals surface area (Å²) in [5.41, 5.74) is 1.98. The Labute approximate surface area is 167 Å². The van der Waals surface area contributed by atoms with Crippen molar-refractivity contribution >= 4 is 22.8 Å². The topological polar surface area (TPSA) is 80.3 Å². The van der Waals surface area contributed by atoms with Gasteiger partial charge >= 0.3 is 0 Å². The Morgan fingerprint density at radius 2 is 1.83 bits per heavy atom. The third-order valence-corrected chi connectivity index (χ3v) is 5.19. The Morgan fingerprint density at radius 1 is 1.00 bits per heavy atom. The van der Waals surface area contributed by atoms with E-state index < -0.39 is 0 Å². The zero-order valence-electron chi connectivity index (χ0n) is 15.8. The second kappa shape index (κ2) is 7.38. The van der Waals surface area contributed by atoms with E-state index in [1.807, 2.05) is 34.0 Å². The molecule has 0 aliphatic carbocycles. The van der Waals surface area contributed by atoms with E-state index in [1.165, 1.54) is 11.8 Å². The van der Waals surface area contributed by atoms with Gasteiger partial charge in [0, 0.05) is 26.2 Å². The molecule has 1 aliphatic rings. The number of carbonyl (C=O) groups excluding carboxylic acids is 1. The Kier molecular flexibility index (Phi) is 4.44. The second-order valence-electron chi connectivity index (χ2n) is 6.98. The van der Waals surface area contributed by atoms with Gasteiger partial charge in [-0.1, -0.05) is 30.3 Å². The number of fused-ring (bicyclic) bond motifs is 1. The van der Waals surface area contributed by atoms with Gasteiger partial charge in [0.15, 0.2) is 11.4 Å². The number of hydrogen-bond acceptors (Lipinski definition) is 6. The van der Waals surface area contributed by atoms with Crippen LogP contribution in [-0.2, 0) is 6.54 Å². The van der Waals surface area contributed by atoms with Crippen molar-refractivity contribution in [2.45, 2.75) is 6.54 Å². The number of piperazine rings is 1. The van der Waals surface area contributed by atoms with Crippen molar-refractivity contribution in [2.75, 3.05) is 31.1 Å².